The minimum absolute atomic E-state index is 0.0509. The van der Waals surface area contributed by atoms with E-state index < -0.39 is 0 Å². The summed E-state index contributed by atoms with van der Waals surface area (Å²) in [5.41, 5.74) is 2.82. The zero-order valence-corrected chi connectivity index (χ0v) is 17.6. The summed E-state index contributed by atoms with van der Waals surface area (Å²) in [5.74, 6) is 1.01. The molecule has 0 spiro atoms. The second-order valence-electron chi connectivity index (χ2n) is 8.85. The molecule has 0 bridgehead atoms. The molecule has 1 aliphatic carbocycles. The molecule has 7 heteroatoms. The molecule has 1 saturated heterocycles. The van der Waals surface area contributed by atoms with E-state index in [1.165, 1.54) is 0 Å². The van der Waals surface area contributed by atoms with Gasteiger partial charge in [0.25, 0.3) is 5.56 Å². The van der Waals surface area contributed by atoms with Crippen molar-refractivity contribution < 1.29 is 5.11 Å². The minimum atomic E-state index is -0.361. The third kappa shape index (κ3) is 3.22. The van der Waals surface area contributed by atoms with Gasteiger partial charge in [0, 0.05) is 44.8 Å². The number of likely N-dealkylation sites (tertiary alicyclic amines) is 1. The third-order valence-electron chi connectivity index (χ3n) is 7.10. The van der Waals surface area contributed by atoms with Crippen molar-refractivity contribution in [2.24, 2.45) is 18.9 Å². The lowest BCUT2D eigenvalue weighted by atomic mass is 9.77. The molecular weight excluding hydrogens is 378 g/mol. The van der Waals surface area contributed by atoms with Gasteiger partial charge in [-0.05, 0) is 49.8 Å². The molecule has 1 aliphatic heterocycles. The molecular formula is C23H29N5O2. The molecule has 3 heterocycles. The number of hydrogen-bond acceptors (Lipinski definition) is 4. The maximum atomic E-state index is 13.2. The summed E-state index contributed by atoms with van der Waals surface area (Å²) in [4.78, 5) is 15.6. The molecule has 7 nitrogen and oxygen atoms in total. The highest BCUT2D eigenvalue weighted by Crippen LogP contribution is 2.41. The zero-order valence-electron chi connectivity index (χ0n) is 17.6. The molecule has 2 aliphatic rings. The standard InChI is InChI=1S/C23H29N5O2/c1-16-20(23(30)28(25(16)2)19-7-4-3-5-8-19)15-26-13-17-11-21(27-10-6-9-24-27)22(29)12-18(17)14-26/h3-10,17-18,21-22,29H,11-15H2,1-2H3/t17-,18+,21-,22-/m1/s1. The SMILES string of the molecule is Cc1c(CN2C[C@H]3C[C@@H](n4cccn4)[C@H](O)C[C@H]3C2)c(=O)n(-c2ccccc2)n1C. The summed E-state index contributed by atoms with van der Waals surface area (Å²) in [6.45, 7) is 4.59. The Bertz CT molecular complexity index is 1070. The molecule has 30 heavy (non-hydrogen) atoms. The average Bonchev–Trinajstić information content (AvgIpc) is 3.44. The number of nitrogens with zero attached hydrogens (tertiary/aromatic N) is 5. The Balaban J connectivity index is 1.35. The lowest BCUT2D eigenvalue weighted by Gasteiger charge is -2.35. The molecule has 3 aromatic rings. The van der Waals surface area contributed by atoms with Gasteiger partial charge >= 0.3 is 0 Å². The molecule has 0 amide bonds. The molecule has 4 atom stereocenters. The maximum Gasteiger partial charge on any atom is 0.276 e. The van der Waals surface area contributed by atoms with Crippen LogP contribution in [-0.2, 0) is 13.6 Å². The van der Waals surface area contributed by atoms with Crippen molar-refractivity contribution in [3.63, 3.8) is 0 Å². The Labute approximate surface area is 176 Å². The lowest BCUT2D eigenvalue weighted by molar-refractivity contribution is 0.0306. The average molecular weight is 408 g/mol. The Morgan fingerprint density at radius 3 is 2.53 bits per heavy atom. The van der Waals surface area contributed by atoms with Crippen LogP contribution in [0.5, 0.6) is 0 Å². The summed E-state index contributed by atoms with van der Waals surface area (Å²) in [6.07, 6.45) is 5.09. The first kappa shape index (κ1) is 19.3. The number of para-hydroxylation sites is 1. The van der Waals surface area contributed by atoms with Crippen molar-refractivity contribution >= 4 is 0 Å². The molecule has 0 radical (unpaired) electrons. The number of fused-ring (bicyclic) bond motifs is 1. The summed E-state index contributed by atoms with van der Waals surface area (Å²) in [6, 6.07) is 11.8. The smallest absolute Gasteiger partial charge is 0.276 e. The molecule has 1 N–H and O–H groups in total. The van der Waals surface area contributed by atoms with Crippen LogP contribution in [0.2, 0.25) is 0 Å². The molecule has 5 rings (SSSR count). The highest BCUT2D eigenvalue weighted by atomic mass is 16.3. The van der Waals surface area contributed by atoms with E-state index in [1.54, 1.807) is 10.9 Å². The van der Waals surface area contributed by atoms with Gasteiger partial charge in [0.15, 0.2) is 0 Å². The third-order valence-corrected chi connectivity index (χ3v) is 7.10. The van der Waals surface area contributed by atoms with Gasteiger partial charge in [-0.15, -0.1) is 0 Å². The van der Waals surface area contributed by atoms with Gasteiger partial charge in [-0.1, -0.05) is 18.2 Å². The molecule has 158 valence electrons. The largest absolute Gasteiger partial charge is 0.391 e. The fraction of sp³-hybridized carbons (Fsp3) is 0.478. The number of aliphatic hydroxyl groups is 1. The van der Waals surface area contributed by atoms with Crippen LogP contribution >= 0.6 is 0 Å². The predicted molar refractivity (Wildman–Crippen MR) is 115 cm³/mol. The molecule has 2 aromatic heterocycles. The van der Waals surface area contributed by atoms with E-state index in [0.29, 0.717) is 18.4 Å². The summed E-state index contributed by atoms with van der Waals surface area (Å²) < 4.78 is 5.61. The van der Waals surface area contributed by atoms with Crippen molar-refractivity contribution in [2.45, 2.75) is 38.5 Å². The number of rotatable bonds is 4. The summed E-state index contributed by atoms with van der Waals surface area (Å²) >= 11 is 0. The Morgan fingerprint density at radius 2 is 1.83 bits per heavy atom. The van der Waals surface area contributed by atoms with E-state index >= 15 is 0 Å². The van der Waals surface area contributed by atoms with Crippen LogP contribution in [0.1, 0.15) is 30.1 Å². The van der Waals surface area contributed by atoms with Gasteiger partial charge in [-0.2, -0.15) is 5.10 Å². The number of hydrogen-bond donors (Lipinski definition) is 1. The minimum Gasteiger partial charge on any atom is -0.391 e. The molecule has 2 fully saturated rings. The monoisotopic (exact) mass is 407 g/mol. The van der Waals surface area contributed by atoms with E-state index in [0.717, 1.165) is 42.9 Å². The highest BCUT2D eigenvalue weighted by Gasteiger charge is 2.42. The van der Waals surface area contributed by atoms with Crippen molar-refractivity contribution in [2.75, 3.05) is 13.1 Å². The van der Waals surface area contributed by atoms with Crippen molar-refractivity contribution in [3.05, 3.63) is 70.4 Å². The van der Waals surface area contributed by atoms with Crippen molar-refractivity contribution in [1.82, 2.24) is 24.0 Å². The second kappa shape index (κ2) is 7.56. The fourth-order valence-corrected chi connectivity index (χ4v) is 5.42. The van der Waals surface area contributed by atoms with Crippen LogP contribution in [0.15, 0.2) is 53.6 Å². The maximum absolute atomic E-state index is 13.2. The van der Waals surface area contributed by atoms with Crippen molar-refractivity contribution in [1.29, 1.82) is 0 Å². The summed E-state index contributed by atoms with van der Waals surface area (Å²) in [7, 11) is 1.95. The van der Waals surface area contributed by atoms with E-state index in [1.807, 2.05) is 65.9 Å². The fourth-order valence-electron chi connectivity index (χ4n) is 5.42. The first-order valence-electron chi connectivity index (χ1n) is 10.8. The van der Waals surface area contributed by atoms with Crippen LogP contribution in [-0.4, -0.2) is 48.3 Å². The Morgan fingerprint density at radius 1 is 1.10 bits per heavy atom. The Hall–Kier alpha value is -2.64. The van der Waals surface area contributed by atoms with E-state index in [4.69, 9.17) is 0 Å². The van der Waals surface area contributed by atoms with Crippen LogP contribution < -0.4 is 5.56 Å². The topological polar surface area (TPSA) is 68.2 Å². The Kier molecular flexibility index (Phi) is 4.87. The molecule has 1 aromatic carbocycles. The molecule has 0 unspecified atom stereocenters. The number of aliphatic hydroxyl groups excluding tert-OH is 1. The van der Waals surface area contributed by atoms with Crippen LogP contribution in [0.3, 0.4) is 0 Å². The van der Waals surface area contributed by atoms with Crippen LogP contribution in [0.25, 0.3) is 5.69 Å². The molecule has 1 saturated carbocycles. The van der Waals surface area contributed by atoms with Gasteiger partial charge in [-0.25, -0.2) is 4.68 Å². The van der Waals surface area contributed by atoms with E-state index in [2.05, 4.69) is 10.00 Å². The predicted octanol–water partition coefficient (Wildman–Crippen LogP) is 2.12. The van der Waals surface area contributed by atoms with E-state index in [-0.39, 0.29) is 17.7 Å². The lowest BCUT2D eigenvalue weighted by Crippen LogP contribution is -2.36. The van der Waals surface area contributed by atoms with Gasteiger partial charge in [0.1, 0.15) is 0 Å². The summed E-state index contributed by atoms with van der Waals surface area (Å²) in [5, 5.41) is 15.0. The van der Waals surface area contributed by atoms with Crippen molar-refractivity contribution in [3.8, 4) is 5.69 Å². The van der Waals surface area contributed by atoms with E-state index in [9.17, 15) is 9.90 Å². The second-order valence-corrected chi connectivity index (χ2v) is 8.85. The van der Waals surface area contributed by atoms with Gasteiger partial charge in [0.2, 0.25) is 0 Å². The normalized spacial score (nSPS) is 26.8. The van der Waals surface area contributed by atoms with Gasteiger partial charge < -0.3 is 5.11 Å². The highest BCUT2D eigenvalue weighted by molar-refractivity contribution is 5.33. The van der Waals surface area contributed by atoms with Gasteiger partial charge in [0.05, 0.1) is 23.4 Å². The first-order valence-corrected chi connectivity index (χ1v) is 10.8. The van der Waals surface area contributed by atoms with Crippen LogP contribution in [0, 0.1) is 18.8 Å². The number of aromatic nitrogens is 4. The first-order chi connectivity index (χ1) is 14.5. The van der Waals surface area contributed by atoms with Gasteiger partial charge in [-0.3, -0.25) is 19.1 Å². The zero-order chi connectivity index (χ0) is 20.8. The quantitative estimate of drug-likeness (QED) is 0.719. The van der Waals surface area contributed by atoms with Crippen LogP contribution in [0.4, 0.5) is 0 Å². The number of benzene rings is 1.